The van der Waals surface area contributed by atoms with Gasteiger partial charge in [-0.2, -0.15) is 0 Å². The molecular weight excluding hydrogens is 130 g/mol. The van der Waals surface area contributed by atoms with Crippen LogP contribution in [0.4, 0.5) is 0 Å². The third-order valence-corrected chi connectivity index (χ3v) is 0.952. The maximum atomic E-state index is 9.72. The average Bonchev–Trinajstić information content (AvgIpc) is 1.66. The smallest absolute Gasteiger partial charge is 0.304 e. The third-order valence-electron chi connectivity index (χ3n) is 0.460. The van der Waals surface area contributed by atoms with E-state index in [1.807, 2.05) is 0 Å². The van der Waals surface area contributed by atoms with Gasteiger partial charge in [-0.1, -0.05) is 0 Å². The minimum absolute atomic E-state index is 0.00356. The van der Waals surface area contributed by atoms with Crippen molar-refractivity contribution in [2.45, 2.75) is 6.42 Å². The van der Waals surface area contributed by atoms with Crippen molar-refractivity contribution >= 4 is 17.9 Å². The van der Waals surface area contributed by atoms with E-state index in [9.17, 15) is 9.70 Å². The maximum absolute atomic E-state index is 9.72. The molecule has 5 heteroatoms. The quantitative estimate of drug-likeness (QED) is 0.353. The summed E-state index contributed by atoms with van der Waals surface area (Å²) in [6.07, 6.45) is -0.00356. The lowest BCUT2D eigenvalue weighted by atomic mass is 10.5. The van der Waals surface area contributed by atoms with Crippen LogP contribution in [-0.4, -0.2) is 16.8 Å². The molecule has 0 saturated heterocycles. The number of hydrogen-bond acceptors (Lipinski definition) is 4. The summed E-state index contributed by atoms with van der Waals surface area (Å²) in [6, 6.07) is 0. The second-order valence-corrected chi connectivity index (χ2v) is 1.87. The predicted molar refractivity (Wildman–Crippen MR) is 30.5 cm³/mol. The number of carbonyl (C=O) groups is 1. The summed E-state index contributed by atoms with van der Waals surface area (Å²) in [5, 5.41) is 7.98. The molecule has 0 radical (unpaired) electrons. The van der Waals surface area contributed by atoms with Crippen LogP contribution >= 0.6 is 11.9 Å². The van der Waals surface area contributed by atoms with E-state index in [0.29, 0.717) is 0 Å². The molecule has 0 aromatic carbocycles. The van der Waals surface area contributed by atoms with Gasteiger partial charge in [-0.05, 0) is 0 Å². The molecule has 0 rings (SSSR count). The molecule has 0 spiro atoms. The molecule has 4 nitrogen and oxygen atoms in total. The van der Waals surface area contributed by atoms with Crippen molar-refractivity contribution in [3.8, 4) is 0 Å². The highest BCUT2D eigenvalue weighted by molar-refractivity contribution is 7.97. The lowest BCUT2D eigenvalue weighted by Gasteiger charge is -1.83. The SMILES string of the molecule is O=NSCCC(=O)O. The molecule has 0 heterocycles. The van der Waals surface area contributed by atoms with Gasteiger partial charge in [0.25, 0.3) is 0 Å². The number of carboxylic acids is 1. The van der Waals surface area contributed by atoms with E-state index < -0.39 is 5.97 Å². The summed E-state index contributed by atoms with van der Waals surface area (Å²) >= 11 is 0.725. The van der Waals surface area contributed by atoms with Crippen LogP contribution in [0.15, 0.2) is 4.58 Å². The fourth-order valence-electron chi connectivity index (χ4n) is 0.170. The Morgan fingerprint density at radius 2 is 2.38 bits per heavy atom. The molecule has 0 unspecified atom stereocenters. The second kappa shape index (κ2) is 4.58. The Morgan fingerprint density at radius 3 is 2.75 bits per heavy atom. The van der Waals surface area contributed by atoms with Crippen LogP contribution in [0.2, 0.25) is 0 Å². The van der Waals surface area contributed by atoms with E-state index in [-0.39, 0.29) is 12.2 Å². The van der Waals surface area contributed by atoms with E-state index in [4.69, 9.17) is 5.11 Å². The number of rotatable bonds is 4. The van der Waals surface area contributed by atoms with Crippen molar-refractivity contribution in [1.29, 1.82) is 0 Å². The summed E-state index contributed by atoms with van der Waals surface area (Å²) in [4.78, 5) is 19.0. The van der Waals surface area contributed by atoms with Gasteiger partial charge in [-0.3, -0.25) is 4.79 Å². The predicted octanol–water partition coefficient (Wildman–Crippen LogP) is 0.876. The molecule has 0 aliphatic carbocycles. The van der Waals surface area contributed by atoms with Gasteiger partial charge in [0, 0.05) is 22.3 Å². The lowest BCUT2D eigenvalue weighted by molar-refractivity contribution is -0.136. The van der Waals surface area contributed by atoms with Crippen molar-refractivity contribution in [2.75, 3.05) is 5.75 Å². The first kappa shape index (κ1) is 7.42. The number of nitrogens with zero attached hydrogens (tertiary/aromatic N) is 1. The minimum atomic E-state index is -0.902. The number of aliphatic carboxylic acids is 1. The lowest BCUT2D eigenvalue weighted by Crippen LogP contribution is -1.94. The zero-order chi connectivity index (χ0) is 6.41. The molecular formula is C3H5NO3S. The van der Waals surface area contributed by atoms with Gasteiger partial charge in [0.2, 0.25) is 0 Å². The van der Waals surface area contributed by atoms with Crippen LogP contribution in [0.1, 0.15) is 6.42 Å². The van der Waals surface area contributed by atoms with Crippen LogP contribution in [0.3, 0.4) is 0 Å². The first-order valence-electron chi connectivity index (χ1n) is 1.94. The van der Waals surface area contributed by atoms with Gasteiger partial charge in [0.05, 0.1) is 6.42 Å². The Kier molecular flexibility index (Phi) is 4.24. The fraction of sp³-hybridized carbons (Fsp3) is 0.667. The minimum Gasteiger partial charge on any atom is -0.481 e. The summed E-state index contributed by atoms with van der Waals surface area (Å²) in [7, 11) is 0. The van der Waals surface area contributed by atoms with Crippen molar-refractivity contribution in [3.05, 3.63) is 4.91 Å². The van der Waals surface area contributed by atoms with Crippen molar-refractivity contribution in [2.24, 2.45) is 4.58 Å². The molecule has 0 aromatic rings. The van der Waals surface area contributed by atoms with Gasteiger partial charge in [0.1, 0.15) is 0 Å². The highest BCUT2D eigenvalue weighted by atomic mass is 32.2. The highest BCUT2D eigenvalue weighted by Gasteiger charge is 1.94. The first-order valence-corrected chi connectivity index (χ1v) is 2.88. The summed E-state index contributed by atoms with van der Waals surface area (Å²) in [5.74, 6) is -0.639. The Bertz CT molecular complexity index is 94.5. The molecule has 0 aromatic heterocycles. The van der Waals surface area contributed by atoms with Crippen molar-refractivity contribution in [3.63, 3.8) is 0 Å². The molecule has 1 N–H and O–H groups in total. The van der Waals surface area contributed by atoms with E-state index in [2.05, 4.69) is 4.58 Å². The van der Waals surface area contributed by atoms with Gasteiger partial charge in [0.15, 0.2) is 0 Å². The van der Waals surface area contributed by atoms with Crippen LogP contribution in [0, 0.1) is 4.91 Å². The standard InChI is InChI=1S/C3H5NO3S/c5-3(6)1-2-8-4-7/h1-2H2,(H,5,6). The molecule has 0 aliphatic rings. The zero-order valence-electron chi connectivity index (χ0n) is 4.03. The van der Waals surface area contributed by atoms with Gasteiger partial charge >= 0.3 is 5.97 Å². The van der Waals surface area contributed by atoms with Gasteiger partial charge in [-0.15, -0.1) is 4.91 Å². The molecule has 0 amide bonds. The number of carboxylic acid groups (broad SMARTS) is 1. The molecule has 46 valence electrons. The number of hydrogen-bond donors (Lipinski definition) is 1. The van der Waals surface area contributed by atoms with Gasteiger partial charge < -0.3 is 5.11 Å². The zero-order valence-corrected chi connectivity index (χ0v) is 4.85. The van der Waals surface area contributed by atoms with Crippen molar-refractivity contribution < 1.29 is 9.90 Å². The van der Waals surface area contributed by atoms with E-state index in [1.54, 1.807) is 0 Å². The Balaban J connectivity index is 2.93. The highest BCUT2D eigenvalue weighted by Crippen LogP contribution is 2.01. The second-order valence-electron chi connectivity index (χ2n) is 1.05. The Hall–Kier alpha value is -0.580. The first-order chi connectivity index (χ1) is 3.77. The summed E-state index contributed by atoms with van der Waals surface area (Å²) in [6.45, 7) is 0. The Labute approximate surface area is 50.4 Å². The van der Waals surface area contributed by atoms with Crippen molar-refractivity contribution in [1.82, 2.24) is 0 Å². The van der Waals surface area contributed by atoms with E-state index >= 15 is 0 Å². The largest absolute Gasteiger partial charge is 0.481 e. The van der Waals surface area contributed by atoms with Crippen LogP contribution < -0.4 is 0 Å². The average molecular weight is 135 g/mol. The van der Waals surface area contributed by atoms with Crippen LogP contribution in [0.5, 0.6) is 0 Å². The van der Waals surface area contributed by atoms with E-state index in [1.165, 1.54) is 0 Å². The topological polar surface area (TPSA) is 66.7 Å². The normalized spacial score (nSPS) is 8.50. The third kappa shape index (κ3) is 5.42. The van der Waals surface area contributed by atoms with Crippen LogP contribution in [-0.2, 0) is 4.79 Å². The van der Waals surface area contributed by atoms with E-state index in [0.717, 1.165) is 11.9 Å². The molecule has 0 saturated carbocycles. The Morgan fingerprint density at radius 1 is 1.75 bits per heavy atom. The monoisotopic (exact) mass is 135 g/mol. The summed E-state index contributed by atoms with van der Waals surface area (Å²) < 4.78 is 2.41. The molecule has 8 heavy (non-hydrogen) atoms. The van der Waals surface area contributed by atoms with Crippen LogP contribution in [0.25, 0.3) is 0 Å². The molecule has 0 aliphatic heterocycles. The molecule has 0 atom stereocenters. The fourth-order valence-corrected chi connectivity index (χ4v) is 0.511. The van der Waals surface area contributed by atoms with Gasteiger partial charge in [-0.25, -0.2) is 0 Å². The number of nitroso groups, excluding NO2 is 1. The molecule has 0 fully saturated rings. The maximum Gasteiger partial charge on any atom is 0.304 e. The molecule has 0 bridgehead atoms. The summed E-state index contributed by atoms with van der Waals surface area (Å²) in [5.41, 5.74) is 0.